The van der Waals surface area contributed by atoms with Gasteiger partial charge in [0.2, 0.25) is 0 Å². The van der Waals surface area contributed by atoms with Gasteiger partial charge in [0, 0.05) is 23.6 Å². The van der Waals surface area contributed by atoms with Gasteiger partial charge in [0.05, 0.1) is 13.1 Å². The summed E-state index contributed by atoms with van der Waals surface area (Å²) in [5.74, 6) is -1.20. The van der Waals surface area contributed by atoms with Crippen molar-refractivity contribution in [2.45, 2.75) is 0 Å². The number of aliphatic carboxylic acids is 2. The number of rotatable bonds is 11. The molecule has 2 rings (SSSR count). The molecule has 0 saturated carbocycles. The van der Waals surface area contributed by atoms with Gasteiger partial charge < -0.3 is 19.7 Å². The Morgan fingerprint density at radius 3 is 1.54 bits per heavy atom. The van der Waals surface area contributed by atoms with Crippen molar-refractivity contribution in [3.8, 4) is 11.5 Å². The molecule has 0 heterocycles. The Kier molecular flexibility index (Phi) is 8.19. The molecule has 0 saturated heterocycles. The molecule has 146 valence electrons. The second kappa shape index (κ2) is 11.1. The number of carbonyl (C=O) groups is 2. The maximum atomic E-state index is 10.6. The molecule has 8 heteroatoms. The molecule has 0 aliphatic rings. The van der Waals surface area contributed by atoms with Crippen molar-refractivity contribution < 1.29 is 29.3 Å². The Balaban J connectivity index is 1.88. The van der Waals surface area contributed by atoms with E-state index >= 15 is 0 Å². The first-order valence-electron chi connectivity index (χ1n) is 8.43. The molecule has 2 N–H and O–H groups in total. The molecular formula is C20H20N2O6. The number of hydrogen-bond donors (Lipinski definition) is 2. The molecule has 2 aromatic carbocycles. The van der Waals surface area contributed by atoms with Crippen molar-refractivity contribution in [1.29, 1.82) is 0 Å². The highest BCUT2D eigenvalue weighted by Gasteiger charge is 2.04. The smallest absolute Gasteiger partial charge is 0.341 e. The van der Waals surface area contributed by atoms with E-state index in [-0.39, 0.29) is 0 Å². The SMILES string of the molecule is O=C(O)COc1ccccc1C=NCCN=Cc1ccccc1OCC(=O)O. The minimum atomic E-state index is -1.05. The quantitative estimate of drug-likeness (QED) is 0.453. The van der Waals surface area contributed by atoms with Crippen LogP contribution in [-0.4, -0.2) is 60.9 Å². The first-order chi connectivity index (χ1) is 13.6. The number of para-hydroxylation sites is 2. The van der Waals surface area contributed by atoms with Crippen molar-refractivity contribution in [3.63, 3.8) is 0 Å². The van der Waals surface area contributed by atoms with E-state index < -0.39 is 25.2 Å². The molecular weight excluding hydrogens is 364 g/mol. The highest BCUT2D eigenvalue weighted by atomic mass is 16.5. The Morgan fingerprint density at radius 2 is 1.14 bits per heavy atom. The van der Waals surface area contributed by atoms with Crippen LogP contribution in [0.25, 0.3) is 0 Å². The molecule has 0 aliphatic heterocycles. The summed E-state index contributed by atoms with van der Waals surface area (Å²) < 4.78 is 10.4. The van der Waals surface area contributed by atoms with Crippen LogP contribution in [0.1, 0.15) is 11.1 Å². The van der Waals surface area contributed by atoms with Crippen molar-refractivity contribution in [3.05, 3.63) is 59.7 Å². The lowest BCUT2D eigenvalue weighted by Gasteiger charge is -2.06. The Hall–Kier alpha value is -3.68. The van der Waals surface area contributed by atoms with Crippen molar-refractivity contribution >= 4 is 24.4 Å². The van der Waals surface area contributed by atoms with Crippen LogP contribution in [0.4, 0.5) is 0 Å². The molecule has 0 aromatic heterocycles. The zero-order chi connectivity index (χ0) is 20.2. The summed E-state index contributed by atoms with van der Waals surface area (Å²) in [5.41, 5.74) is 1.36. The van der Waals surface area contributed by atoms with Crippen LogP contribution in [-0.2, 0) is 9.59 Å². The molecule has 0 aliphatic carbocycles. The summed E-state index contributed by atoms with van der Waals surface area (Å²) in [7, 11) is 0. The third-order valence-electron chi connectivity index (χ3n) is 3.36. The predicted molar refractivity (Wildman–Crippen MR) is 104 cm³/mol. The molecule has 8 nitrogen and oxygen atoms in total. The van der Waals surface area contributed by atoms with Crippen molar-refractivity contribution in [2.24, 2.45) is 9.98 Å². The van der Waals surface area contributed by atoms with E-state index in [9.17, 15) is 9.59 Å². The normalized spacial score (nSPS) is 11.0. The number of carboxylic acid groups (broad SMARTS) is 2. The summed E-state index contributed by atoms with van der Waals surface area (Å²) in [6.45, 7) is 0.000833. The molecule has 0 spiro atoms. The van der Waals surface area contributed by atoms with Crippen LogP contribution in [0.3, 0.4) is 0 Å². The van der Waals surface area contributed by atoms with Crippen molar-refractivity contribution in [1.82, 2.24) is 0 Å². The fourth-order valence-electron chi connectivity index (χ4n) is 2.16. The van der Waals surface area contributed by atoms with Gasteiger partial charge in [-0.25, -0.2) is 9.59 Å². The monoisotopic (exact) mass is 384 g/mol. The highest BCUT2D eigenvalue weighted by Crippen LogP contribution is 2.16. The molecule has 0 atom stereocenters. The molecule has 0 fully saturated rings. The van der Waals surface area contributed by atoms with Gasteiger partial charge in [0.1, 0.15) is 11.5 Å². The highest BCUT2D eigenvalue weighted by molar-refractivity contribution is 5.84. The van der Waals surface area contributed by atoms with Gasteiger partial charge in [0.15, 0.2) is 13.2 Å². The molecule has 0 bridgehead atoms. The number of nitrogens with zero attached hydrogens (tertiary/aromatic N) is 2. The third-order valence-corrected chi connectivity index (χ3v) is 3.36. The van der Waals surface area contributed by atoms with Gasteiger partial charge in [0.25, 0.3) is 0 Å². The molecule has 0 unspecified atom stereocenters. The lowest BCUT2D eigenvalue weighted by atomic mass is 10.2. The van der Waals surface area contributed by atoms with Crippen LogP contribution < -0.4 is 9.47 Å². The first-order valence-corrected chi connectivity index (χ1v) is 8.43. The molecule has 2 aromatic rings. The standard InChI is InChI=1S/C20H20N2O6/c23-19(24)13-27-17-7-3-1-5-15(17)11-21-9-10-22-12-16-6-2-4-8-18(16)28-14-20(25)26/h1-8,11-12H,9-10,13-14H2,(H,23,24)(H,25,26). The summed E-state index contributed by atoms with van der Waals surface area (Å²) in [4.78, 5) is 29.8. The van der Waals surface area contributed by atoms with Gasteiger partial charge in [-0.2, -0.15) is 0 Å². The van der Waals surface area contributed by atoms with Gasteiger partial charge in [-0.1, -0.05) is 24.3 Å². The van der Waals surface area contributed by atoms with Crippen LogP contribution in [0.15, 0.2) is 58.5 Å². The predicted octanol–water partition coefficient (Wildman–Crippen LogP) is 2.15. The van der Waals surface area contributed by atoms with E-state index in [0.717, 1.165) is 0 Å². The van der Waals surface area contributed by atoms with E-state index in [0.29, 0.717) is 35.7 Å². The maximum Gasteiger partial charge on any atom is 0.341 e. The average molecular weight is 384 g/mol. The van der Waals surface area contributed by atoms with E-state index in [2.05, 4.69) is 9.98 Å². The molecule has 0 radical (unpaired) electrons. The molecule has 28 heavy (non-hydrogen) atoms. The van der Waals surface area contributed by atoms with Gasteiger partial charge in [-0.15, -0.1) is 0 Å². The zero-order valence-electron chi connectivity index (χ0n) is 15.0. The Bertz CT molecular complexity index is 792. The minimum Gasteiger partial charge on any atom is -0.481 e. The van der Waals surface area contributed by atoms with E-state index in [4.69, 9.17) is 19.7 Å². The lowest BCUT2D eigenvalue weighted by molar-refractivity contribution is -0.140. The average Bonchev–Trinajstić information content (AvgIpc) is 2.68. The second-order valence-electron chi connectivity index (χ2n) is 5.51. The number of ether oxygens (including phenoxy) is 2. The Morgan fingerprint density at radius 1 is 0.750 bits per heavy atom. The number of hydrogen-bond acceptors (Lipinski definition) is 6. The summed E-state index contributed by atoms with van der Waals surface area (Å²) in [5, 5.41) is 17.4. The van der Waals surface area contributed by atoms with Gasteiger partial charge >= 0.3 is 11.9 Å². The fraction of sp³-hybridized carbons (Fsp3) is 0.200. The maximum absolute atomic E-state index is 10.6. The van der Waals surface area contributed by atoms with Gasteiger partial charge in [-0.05, 0) is 24.3 Å². The van der Waals surface area contributed by atoms with Crippen LogP contribution >= 0.6 is 0 Å². The topological polar surface area (TPSA) is 118 Å². The van der Waals surface area contributed by atoms with Crippen LogP contribution in [0.2, 0.25) is 0 Å². The third kappa shape index (κ3) is 7.28. The summed E-state index contributed by atoms with van der Waals surface area (Å²) >= 11 is 0. The lowest BCUT2D eigenvalue weighted by Crippen LogP contribution is -2.10. The Labute approximate surface area is 161 Å². The largest absolute Gasteiger partial charge is 0.481 e. The number of aliphatic imine (C=N–C) groups is 2. The summed E-state index contributed by atoms with van der Waals surface area (Å²) in [6.07, 6.45) is 3.22. The van der Waals surface area contributed by atoms with Crippen LogP contribution in [0.5, 0.6) is 11.5 Å². The fourth-order valence-corrected chi connectivity index (χ4v) is 2.16. The first kappa shape index (κ1) is 20.6. The van der Waals surface area contributed by atoms with Crippen LogP contribution in [0, 0.1) is 0 Å². The number of carboxylic acids is 2. The molecule has 0 amide bonds. The van der Waals surface area contributed by atoms with E-state index in [1.54, 1.807) is 61.0 Å². The van der Waals surface area contributed by atoms with Crippen molar-refractivity contribution in [2.75, 3.05) is 26.3 Å². The summed E-state index contributed by atoms with van der Waals surface area (Å²) in [6, 6.07) is 14.0. The second-order valence-corrected chi connectivity index (χ2v) is 5.51. The van der Waals surface area contributed by atoms with E-state index in [1.807, 2.05) is 0 Å². The zero-order valence-corrected chi connectivity index (χ0v) is 15.0. The van der Waals surface area contributed by atoms with Gasteiger partial charge in [-0.3, -0.25) is 9.98 Å². The number of benzene rings is 2. The van der Waals surface area contributed by atoms with E-state index in [1.165, 1.54) is 0 Å². The minimum absolute atomic E-state index is 0.418.